The molecule has 0 saturated carbocycles. The number of hydrogen-bond acceptors (Lipinski definition) is 5. The third-order valence-electron chi connectivity index (χ3n) is 3.84. The first kappa shape index (κ1) is 25.3. The zero-order valence-corrected chi connectivity index (χ0v) is 18.8. The molecule has 0 aromatic heterocycles. The SMILES string of the molecule is Cc1ccc(N(CCCl)OCCCl)cc1CC(CC(=O)O)NC(=O)OC(C)(C)C. The van der Waals surface area contributed by atoms with Crippen LogP contribution < -0.4 is 10.4 Å². The Morgan fingerprint density at radius 1 is 1.24 bits per heavy atom. The molecule has 1 atom stereocenters. The monoisotopic (exact) mass is 448 g/mol. The highest BCUT2D eigenvalue weighted by atomic mass is 35.5. The van der Waals surface area contributed by atoms with Crippen molar-refractivity contribution in [2.45, 2.75) is 52.2 Å². The van der Waals surface area contributed by atoms with Crippen molar-refractivity contribution >= 4 is 41.0 Å². The second kappa shape index (κ2) is 12.1. The Kier molecular flexibility index (Phi) is 10.6. The average molecular weight is 449 g/mol. The van der Waals surface area contributed by atoms with E-state index in [0.29, 0.717) is 31.3 Å². The predicted octanol–water partition coefficient (Wildman–Crippen LogP) is 4.12. The number of anilines is 1. The number of nitrogens with one attached hydrogen (secondary N) is 1. The number of carbonyl (C=O) groups excluding carboxylic acids is 1. The van der Waals surface area contributed by atoms with Crippen molar-refractivity contribution in [2.24, 2.45) is 0 Å². The topological polar surface area (TPSA) is 88.1 Å². The lowest BCUT2D eigenvalue weighted by Crippen LogP contribution is -2.41. The Morgan fingerprint density at radius 2 is 1.93 bits per heavy atom. The number of carboxylic acids is 1. The lowest BCUT2D eigenvalue weighted by atomic mass is 9.98. The standard InChI is InChI=1S/C20H30Cl2N2O5/c1-14-5-6-17(24(9-7-21)28-10-8-22)12-15(14)11-16(13-18(25)26)23-19(27)29-20(2,3)4/h5-6,12,16H,7-11,13H2,1-4H3,(H,23,27)(H,25,26). The third kappa shape index (κ3) is 10.1. The summed E-state index contributed by atoms with van der Waals surface area (Å²) in [5.41, 5.74) is 1.97. The molecule has 9 heteroatoms. The van der Waals surface area contributed by atoms with Gasteiger partial charge in [0.15, 0.2) is 0 Å². The summed E-state index contributed by atoms with van der Waals surface area (Å²) in [4.78, 5) is 29.0. The van der Waals surface area contributed by atoms with Gasteiger partial charge in [-0.2, -0.15) is 0 Å². The van der Waals surface area contributed by atoms with Crippen LogP contribution in [0, 0.1) is 6.92 Å². The molecule has 0 bridgehead atoms. The van der Waals surface area contributed by atoms with Gasteiger partial charge >= 0.3 is 12.1 Å². The number of rotatable bonds is 11. The summed E-state index contributed by atoms with van der Waals surface area (Å²) >= 11 is 11.6. The van der Waals surface area contributed by atoms with Crippen LogP contribution in [0.2, 0.25) is 0 Å². The smallest absolute Gasteiger partial charge is 0.407 e. The summed E-state index contributed by atoms with van der Waals surface area (Å²) in [5.74, 6) is -0.292. The summed E-state index contributed by atoms with van der Waals surface area (Å²) in [5, 5.41) is 13.6. The van der Waals surface area contributed by atoms with E-state index in [1.54, 1.807) is 25.8 Å². The van der Waals surface area contributed by atoms with E-state index in [1.165, 1.54) is 0 Å². The van der Waals surface area contributed by atoms with E-state index in [4.69, 9.17) is 32.8 Å². The molecule has 2 N–H and O–H groups in total. The molecule has 0 aliphatic carbocycles. The number of carbonyl (C=O) groups is 2. The van der Waals surface area contributed by atoms with Crippen LogP contribution in [0.3, 0.4) is 0 Å². The first-order valence-corrected chi connectivity index (χ1v) is 10.5. The number of hydrogen-bond donors (Lipinski definition) is 2. The number of hydroxylamine groups is 1. The van der Waals surface area contributed by atoms with Gasteiger partial charge in [-0.05, 0) is 57.4 Å². The average Bonchev–Trinajstić information content (AvgIpc) is 2.58. The van der Waals surface area contributed by atoms with Gasteiger partial charge in [-0.25, -0.2) is 4.79 Å². The van der Waals surface area contributed by atoms with Gasteiger partial charge in [0.1, 0.15) is 5.60 Å². The summed E-state index contributed by atoms with van der Waals surface area (Å²) in [6.45, 7) is 7.98. The molecule has 0 radical (unpaired) electrons. The molecular formula is C20H30Cl2N2O5. The molecule has 0 aliphatic rings. The van der Waals surface area contributed by atoms with Crippen molar-refractivity contribution < 1.29 is 24.3 Å². The van der Waals surface area contributed by atoms with Gasteiger partial charge in [-0.3, -0.25) is 14.7 Å². The summed E-state index contributed by atoms with van der Waals surface area (Å²) in [6.07, 6.45) is -0.543. The molecule has 1 aromatic rings. The van der Waals surface area contributed by atoms with Gasteiger partial charge in [-0.15, -0.1) is 23.2 Å². The minimum absolute atomic E-state index is 0.225. The van der Waals surface area contributed by atoms with Crippen LogP contribution in [0.15, 0.2) is 18.2 Å². The van der Waals surface area contributed by atoms with E-state index in [0.717, 1.165) is 16.8 Å². The number of carboxylic acid groups (broad SMARTS) is 1. The van der Waals surface area contributed by atoms with E-state index < -0.39 is 23.7 Å². The number of aliphatic carboxylic acids is 1. The quantitative estimate of drug-likeness (QED) is 0.390. The highest BCUT2D eigenvalue weighted by molar-refractivity contribution is 6.18. The number of ether oxygens (including phenoxy) is 1. The van der Waals surface area contributed by atoms with Crippen LogP contribution in [0.25, 0.3) is 0 Å². The first-order valence-electron chi connectivity index (χ1n) is 9.39. The van der Waals surface area contributed by atoms with E-state index in [9.17, 15) is 14.7 Å². The minimum atomic E-state index is -1.01. The molecule has 0 aliphatic heterocycles. The van der Waals surface area contributed by atoms with Crippen molar-refractivity contribution in [3.8, 4) is 0 Å². The molecular weight excluding hydrogens is 419 g/mol. The lowest BCUT2D eigenvalue weighted by molar-refractivity contribution is -0.137. The van der Waals surface area contributed by atoms with Gasteiger partial charge < -0.3 is 15.2 Å². The van der Waals surface area contributed by atoms with Crippen LogP contribution in [0.5, 0.6) is 0 Å². The molecule has 29 heavy (non-hydrogen) atoms. The summed E-state index contributed by atoms with van der Waals surface area (Å²) in [6, 6.07) is 5.09. The molecule has 164 valence electrons. The Balaban J connectivity index is 3.02. The minimum Gasteiger partial charge on any atom is -0.481 e. The summed E-state index contributed by atoms with van der Waals surface area (Å²) < 4.78 is 5.26. The van der Waals surface area contributed by atoms with Crippen LogP contribution in [-0.2, 0) is 20.8 Å². The second-order valence-electron chi connectivity index (χ2n) is 7.57. The number of nitrogens with zero attached hydrogens (tertiary/aromatic N) is 1. The molecule has 1 amide bonds. The maximum absolute atomic E-state index is 12.1. The van der Waals surface area contributed by atoms with Crippen molar-refractivity contribution in [1.29, 1.82) is 0 Å². The number of alkyl carbamates (subject to hydrolysis) is 1. The molecule has 1 unspecified atom stereocenters. The Labute approximate surface area is 182 Å². The normalized spacial score (nSPS) is 12.3. The van der Waals surface area contributed by atoms with Crippen LogP contribution in [0.1, 0.15) is 38.3 Å². The van der Waals surface area contributed by atoms with Crippen molar-refractivity contribution in [1.82, 2.24) is 5.32 Å². The fourth-order valence-corrected chi connectivity index (χ4v) is 2.87. The molecule has 7 nitrogen and oxygen atoms in total. The maximum Gasteiger partial charge on any atom is 0.407 e. The zero-order valence-electron chi connectivity index (χ0n) is 17.3. The van der Waals surface area contributed by atoms with E-state index in [2.05, 4.69) is 5.32 Å². The third-order valence-corrected chi connectivity index (χ3v) is 4.16. The van der Waals surface area contributed by atoms with Gasteiger partial charge in [0.2, 0.25) is 0 Å². The predicted molar refractivity (Wildman–Crippen MR) is 115 cm³/mol. The van der Waals surface area contributed by atoms with E-state index in [1.807, 2.05) is 25.1 Å². The van der Waals surface area contributed by atoms with Crippen molar-refractivity contribution in [3.05, 3.63) is 29.3 Å². The number of halogens is 2. The van der Waals surface area contributed by atoms with Gasteiger partial charge in [0.25, 0.3) is 0 Å². The Morgan fingerprint density at radius 3 is 2.48 bits per heavy atom. The largest absolute Gasteiger partial charge is 0.481 e. The summed E-state index contributed by atoms with van der Waals surface area (Å²) in [7, 11) is 0. The van der Waals surface area contributed by atoms with Crippen LogP contribution in [0.4, 0.5) is 10.5 Å². The van der Waals surface area contributed by atoms with Gasteiger partial charge in [0.05, 0.1) is 25.3 Å². The van der Waals surface area contributed by atoms with Crippen molar-refractivity contribution in [2.75, 3.05) is 30.0 Å². The Hall–Kier alpha value is -1.70. The maximum atomic E-state index is 12.1. The van der Waals surface area contributed by atoms with Crippen LogP contribution in [-0.4, -0.2) is 53.7 Å². The molecule has 1 aromatic carbocycles. The highest BCUT2D eigenvalue weighted by Gasteiger charge is 2.22. The first-order chi connectivity index (χ1) is 13.6. The molecule has 0 spiro atoms. The zero-order chi connectivity index (χ0) is 22.0. The number of benzene rings is 1. The molecule has 0 saturated heterocycles. The van der Waals surface area contributed by atoms with Gasteiger partial charge in [-0.1, -0.05) is 6.07 Å². The number of aryl methyl sites for hydroxylation is 1. The number of alkyl halides is 2. The van der Waals surface area contributed by atoms with E-state index in [-0.39, 0.29) is 6.42 Å². The lowest BCUT2D eigenvalue weighted by Gasteiger charge is -2.25. The molecule has 0 fully saturated rings. The van der Waals surface area contributed by atoms with Gasteiger partial charge in [0, 0.05) is 17.8 Å². The highest BCUT2D eigenvalue weighted by Crippen LogP contribution is 2.22. The Bertz CT molecular complexity index is 679. The fraction of sp³-hybridized carbons (Fsp3) is 0.600. The molecule has 1 rings (SSSR count). The van der Waals surface area contributed by atoms with E-state index >= 15 is 0 Å². The number of amides is 1. The molecule has 0 heterocycles. The van der Waals surface area contributed by atoms with Crippen LogP contribution >= 0.6 is 23.2 Å². The second-order valence-corrected chi connectivity index (χ2v) is 8.33. The fourth-order valence-electron chi connectivity index (χ4n) is 2.65. The van der Waals surface area contributed by atoms with Crippen molar-refractivity contribution in [3.63, 3.8) is 0 Å².